The topological polar surface area (TPSA) is 46.4 Å². The molecule has 34 heavy (non-hydrogen) atoms. The smallest absolute Gasteiger partial charge is 0.271 e. The Morgan fingerprint density at radius 2 is 1.74 bits per heavy atom. The number of nitrogens with zero attached hydrogens (tertiary/aromatic N) is 2. The molecule has 0 aliphatic rings. The average Bonchev–Trinajstić information content (AvgIpc) is 3.11. The molecule has 4 aromatic rings. The molecule has 1 aromatic heterocycles. The predicted octanol–water partition coefficient (Wildman–Crippen LogP) is 7.11. The molecule has 0 aliphatic heterocycles. The Balaban J connectivity index is 1.36. The second-order valence-electron chi connectivity index (χ2n) is 8.14. The van der Waals surface area contributed by atoms with Crippen molar-refractivity contribution in [1.29, 1.82) is 0 Å². The number of amides is 1. The number of thioether (sulfide) groups is 1. The fraction of sp³-hybridized carbons (Fsp3) is 0.143. The van der Waals surface area contributed by atoms with Crippen LogP contribution in [-0.2, 0) is 5.75 Å². The van der Waals surface area contributed by atoms with E-state index in [4.69, 9.17) is 11.6 Å². The van der Waals surface area contributed by atoms with Crippen LogP contribution in [0.4, 0.5) is 0 Å². The Hall–Kier alpha value is -3.28. The number of hydrazone groups is 1. The minimum Gasteiger partial charge on any atom is -0.318 e. The molecule has 4 rings (SSSR count). The van der Waals surface area contributed by atoms with Crippen LogP contribution in [0.1, 0.15) is 38.4 Å². The molecule has 0 unspecified atom stereocenters. The van der Waals surface area contributed by atoms with Crippen LogP contribution in [0.25, 0.3) is 5.69 Å². The number of benzene rings is 3. The van der Waals surface area contributed by atoms with Crippen LogP contribution >= 0.6 is 23.4 Å². The van der Waals surface area contributed by atoms with Crippen molar-refractivity contribution < 1.29 is 4.79 Å². The standard InChI is InChI=1S/C28H26ClN3OS/c1-19-5-4-6-26(15-19)32-20(2)16-24(21(32)3)17-30-31-28(33)23-9-7-22(8-10-23)18-34-27-13-11-25(29)12-14-27/h4-17H,18H2,1-3H3,(H,31,33)/b30-17+. The zero-order valence-electron chi connectivity index (χ0n) is 19.4. The fourth-order valence-electron chi connectivity index (χ4n) is 3.76. The monoisotopic (exact) mass is 487 g/mol. The van der Waals surface area contributed by atoms with E-state index in [0.29, 0.717) is 5.56 Å². The fourth-order valence-corrected chi connectivity index (χ4v) is 4.74. The van der Waals surface area contributed by atoms with Crippen molar-refractivity contribution in [2.75, 3.05) is 0 Å². The molecule has 1 N–H and O–H groups in total. The van der Waals surface area contributed by atoms with Crippen LogP contribution in [0.15, 0.2) is 88.9 Å². The molecule has 0 saturated heterocycles. The van der Waals surface area contributed by atoms with Crippen molar-refractivity contribution in [1.82, 2.24) is 9.99 Å². The first kappa shape index (κ1) is 23.9. The average molecular weight is 488 g/mol. The summed E-state index contributed by atoms with van der Waals surface area (Å²) in [4.78, 5) is 13.7. The van der Waals surface area contributed by atoms with E-state index in [1.165, 1.54) is 5.56 Å². The first-order chi connectivity index (χ1) is 16.4. The molecule has 1 amide bonds. The third-order valence-electron chi connectivity index (χ3n) is 5.54. The predicted molar refractivity (Wildman–Crippen MR) is 142 cm³/mol. The SMILES string of the molecule is Cc1cccc(-n2c(C)cc(/C=N/NC(=O)c3ccc(CSc4ccc(Cl)cc4)cc3)c2C)c1. The lowest BCUT2D eigenvalue weighted by Crippen LogP contribution is -2.17. The maximum absolute atomic E-state index is 12.5. The summed E-state index contributed by atoms with van der Waals surface area (Å²) in [6.45, 7) is 6.21. The molecule has 1 heterocycles. The molecule has 6 heteroatoms. The molecule has 0 aliphatic carbocycles. The molecule has 0 saturated carbocycles. The van der Waals surface area contributed by atoms with Crippen molar-refractivity contribution in [3.63, 3.8) is 0 Å². The van der Waals surface area contributed by atoms with E-state index in [0.717, 1.165) is 43.9 Å². The van der Waals surface area contributed by atoms with Crippen LogP contribution in [0.2, 0.25) is 5.02 Å². The summed E-state index contributed by atoms with van der Waals surface area (Å²) in [5.74, 6) is 0.582. The zero-order valence-corrected chi connectivity index (χ0v) is 21.0. The van der Waals surface area contributed by atoms with Crippen LogP contribution < -0.4 is 5.43 Å². The van der Waals surface area contributed by atoms with Gasteiger partial charge in [-0.05, 0) is 86.5 Å². The summed E-state index contributed by atoms with van der Waals surface area (Å²) < 4.78 is 2.19. The third kappa shape index (κ3) is 5.79. The maximum atomic E-state index is 12.5. The van der Waals surface area contributed by atoms with E-state index in [1.807, 2.05) is 48.5 Å². The van der Waals surface area contributed by atoms with E-state index < -0.39 is 0 Å². The third-order valence-corrected chi connectivity index (χ3v) is 6.87. The first-order valence-corrected chi connectivity index (χ1v) is 12.3. The van der Waals surface area contributed by atoms with E-state index in [1.54, 1.807) is 18.0 Å². The molecule has 0 spiro atoms. The minimum atomic E-state index is -0.236. The van der Waals surface area contributed by atoms with Gasteiger partial charge in [-0.25, -0.2) is 5.43 Å². The van der Waals surface area contributed by atoms with E-state index in [-0.39, 0.29) is 5.91 Å². The minimum absolute atomic E-state index is 0.236. The van der Waals surface area contributed by atoms with Crippen molar-refractivity contribution >= 4 is 35.5 Å². The van der Waals surface area contributed by atoms with Gasteiger partial charge < -0.3 is 4.57 Å². The second kappa shape index (κ2) is 10.8. The number of carbonyl (C=O) groups is 1. The zero-order chi connectivity index (χ0) is 24.1. The van der Waals surface area contributed by atoms with Gasteiger partial charge in [0.1, 0.15) is 0 Å². The lowest BCUT2D eigenvalue weighted by molar-refractivity contribution is 0.0955. The van der Waals surface area contributed by atoms with Gasteiger partial charge in [0.2, 0.25) is 0 Å². The summed E-state index contributed by atoms with van der Waals surface area (Å²) in [5, 5.41) is 4.93. The van der Waals surface area contributed by atoms with Crippen LogP contribution in [0, 0.1) is 20.8 Å². The maximum Gasteiger partial charge on any atom is 0.271 e. The number of carbonyl (C=O) groups excluding carboxylic acids is 1. The Labute approximate surface area is 209 Å². The van der Waals surface area contributed by atoms with Crippen molar-refractivity contribution in [3.05, 3.63) is 118 Å². The molecular formula is C28H26ClN3OS. The lowest BCUT2D eigenvalue weighted by Gasteiger charge is -2.10. The largest absolute Gasteiger partial charge is 0.318 e. The Morgan fingerprint density at radius 1 is 1.00 bits per heavy atom. The normalized spacial score (nSPS) is 11.2. The molecule has 0 radical (unpaired) electrons. The Bertz CT molecular complexity index is 1330. The highest BCUT2D eigenvalue weighted by molar-refractivity contribution is 7.98. The van der Waals surface area contributed by atoms with E-state index >= 15 is 0 Å². The number of hydrogen-bond acceptors (Lipinski definition) is 3. The highest BCUT2D eigenvalue weighted by atomic mass is 35.5. The van der Waals surface area contributed by atoms with Crippen molar-refractivity contribution in [3.8, 4) is 5.69 Å². The van der Waals surface area contributed by atoms with E-state index in [2.05, 4.69) is 66.2 Å². The number of hydrogen-bond donors (Lipinski definition) is 1. The lowest BCUT2D eigenvalue weighted by atomic mass is 10.1. The van der Waals surface area contributed by atoms with Gasteiger partial charge in [-0.2, -0.15) is 5.10 Å². The highest BCUT2D eigenvalue weighted by Crippen LogP contribution is 2.24. The van der Waals surface area contributed by atoms with E-state index in [9.17, 15) is 4.79 Å². The number of aromatic nitrogens is 1. The van der Waals surface area contributed by atoms with Gasteiger partial charge in [-0.15, -0.1) is 11.8 Å². The van der Waals surface area contributed by atoms with Gasteiger partial charge in [0.15, 0.2) is 0 Å². The van der Waals surface area contributed by atoms with Gasteiger partial charge in [0.25, 0.3) is 5.91 Å². The first-order valence-electron chi connectivity index (χ1n) is 11.0. The van der Waals surface area contributed by atoms with Crippen molar-refractivity contribution in [2.45, 2.75) is 31.4 Å². The van der Waals surface area contributed by atoms with Gasteiger partial charge >= 0.3 is 0 Å². The second-order valence-corrected chi connectivity index (χ2v) is 9.62. The number of rotatable bonds is 7. The highest BCUT2D eigenvalue weighted by Gasteiger charge is 2.10. The number of nitrogens with one attached hydrogen (secondary N) is 1. The van der Waals surface area contributed by atoms with Gasteiger partial charge in [0.05, 0.1) is 6.21 Å². The summed E-state index contributed by atoms with van der Waals surface area (Å²) in [7, 11) is 0. The van der Waals surface area contributed by atoms with Gasteiger partial charge in [-0.1, -0.05) is 35.9 Å². The van der Waals surface area contributed by atoms with Crippen LogP contribution in [0.5, 0.6) is 0 Å². The summed E-state index contributed by atoms with van der Waals surface area (Å²) in [6, 6.07) is 25.8. The summed E-state index contributed by atoms with van der Waals surface area (Å²) in [5.41, 5.74) is 9.83. The summed E-state index contributed by atoms with van der Waals surface area (Å²) in [6.07, 6.45) is 1.70. The molecule has 0 fully saturated rings. The Morgan fingerprint density at radius 3 is 2.44 bits per heavy atom. The molecule has 4 nitrogen and oxygen atoms in total. The molecule has 0 atom stereocenters. The van der Waals surface area contributed by atoms with Crippen LogP contribution in [0.3, 0.4) is 0 Å². The molecule has 172 valence electrons. The quantitative estimate of drug-likeness (QED) is 0.171. The Kier molecular flexibility index (Phi) is 7.56. The van der Waals surface area contributed by atoms with Gasteiger partial charge in [-0.3, -0.25) is 4.79 Å². The van der Waals surface area contributed by atoms with Gasteiger partial charge in [0, 0.05) is 43.9 Å². The molecule has 0 bridgehead atoms. The molecule has 3 aromatic carbocycles. The van der Waals surface area contributed by atoms with Crippen LogP contribution in [-0.4, -0.2) is 16.7 Å². The van der Waals surface area contributed by atoms with Crippen molar-refractivity contribution in [2.24, 2.45) is 5.10 Å². The number of halogens is 1. The summed E-state index contributed by atoms with van der Waals surface area (Å²) >= 11 is 7.66. The molecular weight excluding hydrogens is 462 g/mol. The number of aryl methyl sites for hydroxylation is 2.